The normalized spacial score (nSPS) is 35.8. The van der Waals surface area contributed by atoms with Crippen molar-refractivity contribution >= 4 is 5.91 Å². The molecule has 2 aliphatic carbocycles. The predicted octanol–water partition coefficient (Wildman–Crippen LogP) is 0.396. The predicted molar refractivity (Wildman–Crippen MR) is 67.6 cm³/mol. The number of hydrogen-bond donors (Lipinski definition) is 2. The molecule has 19 heavy (non-hydrogen) atoms. The van der Waals surface area contributed by atoms with Crippen LogP contribution in [0.15, 0.2) is 34.7 Å². The number of ether oxygens (including phenoxy) is 1. The van der Waals surface area contributed by atoms with Gasteiger partial charge in [-0.15, -0.1) is 0 Å². The summed E-state index contributed by atoms with van der Waals surface area (Å²) in [5.41, 5.74) is 3.70. The summed E-state index contributed by atoms with van der Waals surface area (Å²) in [6, 6.07) is 0. The third-order valence-electron chi connectivity index (χ3n) is 4.50. The third kappa shape index (κ3) is 1.34. The summed E-state index contributed by atoms with van der Waals surface area (Å²) in [7, 11) is 1.57. The van der Waals surface area contributed by atoms with Gasteiger partial charge in [-0.05, 0) is 5.57 Å². The summed E-state index contributed by atoms with van der Waals surface area (Å²) in [4.78, 5) is 14.5. The molecule has 0 aromatic heterocycles. The fourth-order valence-electron chi connectivity index (χ4n) is 3.55. The van der Waals surface area contributed by atoms with Crippen LogP contribution < -0.4 is 5.32 Å². The van der Waals surface area contributed by atoms with Gasteiger partial charge in [0.25, 0.3) is 5.91 Å². The van der Waals surface area contributed by atoms with Gasteiger partial charge in [-0.25, -0.2) is 0 Å². The fraction of sp³-hybridized carbons (Fsp3) is 0.500. The second-order valence-corrected chi connectivity index (χ2v) is 5.43. The van der Waals surface area contributed by atoms with E-state index in [9.17, 15) is 9.90 Å². The SMILES string of the molecule is COC1CC2=C(N[C@@H]3CC4=C(CC=C4)N3C2=O)C1O. The summed E-state index contributed by atoms with van der Waals surface area (Å²) in [6.45, 7) is 0. The molecule has 0 bridgehead atoms. The highest BCUT2D eigenvalue weighted by Crippen LogP contribution is 2.41. The van der Waals surface area contributed by atoms with Crippen LogP contribution in [0, 0.1) is 0 Å². The minimum atomic E-state index is -0.711. The molecular formula is C14H16N2O3. The molecule has 0 aromatic carbocycles. The second-order valence-electron chi connectivity index (χ2n) is 5.43. The third-order valence-corrected chi connectivity index (χ3v) is 4.50. The molecule has 0 radical (unpaired) electrons. The summed E-state index contributed by atoms with van der Waals surface area (Å²) in [5, 5.41) is 13.5. The quantitative estimate of drug-likeness (QED) is 0.716. The molecule has 0 fully saturated rings. The van der Waals surface area contributed by atoms with Crippen molar-refractivity contribution in [1.82, 2.24) is 10.2 Å². The van der Waals surface area contributed by atoms with Crippen LogP contribution in [0.1, 0.15) is 19.3 Å². The lowest BCUT2D eigenvalue weighted by Gasteiger charge is -2.34. The molecule has 2 N–H and O–H groups in total. The van der Waals surface area contributed by atoms with Crippen molar-refractivity contribution in [3.05, 3.63) is 34.7 Å². The van der Waals surface area contributed by atoms with Gasteiger partial charge in [0.1, 0.15) is 12.3 Å². The average molecular weight is 260 g/mol. The lowest BCUT2D eigenvalue weighted by Crippen LogP contribution is -2.50. The molecule has 2 heterocycles. The highest BCUT2D eigenvalue weighted by molar-refractivity contribution is 5.98. The largest absolute Gasteiger partial charge is 0.384 e. The van der Waals surface area contributed by atoms with Gasteiger partial charge in [0, 0.05) is 37.6 Å². The molecule has 2 unspecified atom stereocenters. The van der Waals surface area contributed by atoms with Crippen molar-refractivity contribution in [3.8, 4) is 0 Å². The van der Waals surface area contributed by atoms with E-state index in [0.717, 1.165) is 18.5 Å². The Morgan fingerprint density at radius 2 is 2.32 bits per heavy atom. The van der Waals surface area contributed by atoms with Gasteiger partial charge in [0.05, 0.1) is 11.8 Å². The number of aliphatic hydroxyl groups excluding tert-OH is 1. The van der Waals surface area contributed by atoms with Crippen LogP contribution in [0.3, 0.4) is 0 Å². The Balaban J connectivity index is 1.70. The van der Waals surface area contributed by atoms with Gasteiger partial charge < -0.3 is 15.2 Å². The van der Waals surface area contributed by atoms with Gasteiger partial charge in [-0.1, -0.05) is 12.2 Å². The number of aliphatic hydroxyl groups is 1. The standard InChI is InChI=1S/C14H16N2O3/c1-19-10-6-8-12(13(10)17)15-11-5-7-3-2-4-9(7)16(11)14(8)18/h2-3,10-11,13,15,17H,4-6H2,1H3/t10?,11-,13?/m0/s1. The van der Waals surface area contributed by atoms with E-state index in [-0.39, 0.29) is 18.2 Å². The maximum Gasteiger partial charge on any atom is 0.257 e. The zero-order valence-electron chi connectivity index (χ0n) is 10.7. The van der Waals surface area contributed by atoms with E-state index in [1.165, 1.54) is 5.57 Å². The zero-order chi connectivity index (χ0) is 13.1. The van der Waals surface area contributed by atoms with E-state index in [0.29, 0.717) is 17.7 Å². The van der Waals surface area contributed by atoms with Crippen molar-refractivity contribution in [2.75, 3.05) is 7.11 Å². The van der Waals surface area contributed by atoms with Crippen LogP contribution in [0.5, 0.6) is 0 Å². The van der Waals surface area contributed by atoms with E-state index in [2.05, 4.69) is 17.5 Å². The maximum atomic E-state index is 12.6. The number of carbonyl (C=O) groups is 1. The Labute approximate surface area is 111 Å². The number of methoxy groups -OCH3 is 1. The van der Waals surface area contributed by atoms with Gasteiger partial charge in [0.15, 0.2) is 0 Å². The second kappa shape index (κ2) is 3.71. The van der Waals surface area contributed by atoms with Gasteiger partial charge in [0.2, 0.25) is 0 Å². The van der Waals surface area contributed by atoms with Crippen molar-refractivity contribution in [3.63, 3.8) is 0 Å². The highest BCUT2D eigenvalue weighted by Gasteiger charge is 2.47. The van der Waals surface area contributed by atoms with Crippen molar-refractivity contribution in [1.29, 1.82) is 0 Å². The minimum absolute atomic E-state index is 0.0334. The van der Waals surface area contributed by atoms with Gasteiger partial charge in [-0.3, -0.25) is 9.69 Å². The minimum Gasteiger partial charge on any atom is -0.384 e. The monoisotopic (exact) mass is 260 g/mol. The first-order valence-corrected chi connectivity index (χ1v) is 6.63. The molecule has 100 valence electrons. The number of fused-ring (bicyclic) bond motifs is 2. The molecule has 3 atom stereocenters. The summed E-state index contributed by atoms with van der Waals surface area (Å²) < 4.78 is 5.25. The fourth-order valence-corrected chi connectivity index (χ4v) is 3.55. The van der Waals surface area contributed by atoms with Crippen LogP contribution in [0.2, 0.25) is 0 Å². The number of amides is 1. The number of rotatable bonds is 1. The Hall–Kier alpha value is -1.59. The number of hydrogen-bond acceptors (Lipinski definition) is 4. The van der Waals surface area contributed by atoms with E-state index in [1.807, 2.05) is 4.90 Å². The number of allylic oxidation sites excluding steroid dienone is 2. The lowest BCUT2D eigenvalue weighted by atomic mass is 10.1. The lowest BCUT2D eigenvalue weighted by molar-refractivity contribution is -0.128. The van der Waals surface area contributed by atoms with Gasteiger partial charge in [-0.2, -0.15) is 0 Å². The summed E-state index contributed by atoms with van der Waals surface area (Å²) in [6.07, 6.45) is 5.27. The van der Waals surface area contributed by atoms with Crippen LogP contribution in [-0.4, -0.2) is 41.4 Å². The van der Waals surface area contributed by atoms with Crippen molar-refractivity contribution < 1.29 is 14.6 Å². The molecule has 0 aromatic rings. The van der Waals surface area contributed by atoms with Crippen LogP contribution >= 0.6 is 0 Å². The maximum absolute atomic E-state index is 12.6. The average Bonchev–Trinajstić information content (AvgIpc) is 3.03. The van der Waals surface area contributed by atoms with E-state index < -0.39 is 6.10 Å². The topological polar surface area (TPSA) is 61.8 Å². The molecule has 4 aliphatic rings. The molecule has 4 rings (SSSR count). The summed E-state index contributed by atoms with van der Waals surface area (Å²) >= 11 is 0. The van der Waals surface area contributed by atoms with Crippen LogP contribution in [0.25, 0.3) is 0 Å². The Morgan fingerprint density at radius 1 is 1.47 bits per heavy atom. The molecule has 0 saturated carbocycles. The van der Waals surface area contributed by atoms with Crippen molar-refractivity contribution in [2.24, 2.45) is 0 Å². The molecular weight excluding hydrogens is 244 g/mol. The highest BCUT2D eigenvalue weighted by atomic mass is 16.5. The first-order valence-electron chi connectivity index (χ1n) is 6.63. The molecule has 2 aliphatic heterocycles. The molecule has 1 amide bonds. The van der Waals surface area contributed by atoms with Crippen LogP contribution in [0.4, 0.5) is 0 Å². The number of carbonyl (C=O) groups excluding carboxylic acids is 1. The van der Waals surface area contributed by atoms with Crippen LogP contribution in [-0.2, 0) is 9.53 Å². The van der Waals surface area contributed by atoms with E-state index >= 15 is 0 Å². The van der Waals surface area contributed by atoms with Crippen molar-refractivity contribution in [2.45, 2.75) is 37.6 Å². The van der Waals surface area contributed by atoms with Gasteiger partial charge >= 0.3 is 0 Å². The molecule has 5 heteroatoms. The Morgan fingerprint density at radius 3 is 3.11 bits per heavy atom. The molecule has 5 nitrogen and oxygen atoms in total. The molecule has 0 spiro atoms. The zero-order valence-corrected chi connectivity index (χ0v) is 10.7. The first-order chi connectivity index (χ1) is 9.20. The molecule has 0 saturated heterocycles. The smallest absolute Gasteiger partial charge is 0.257 e. The summed E-state index contributed by atoms with van der Waals surface area (Å²) in [5.74, 6) is 0.0334. The van der Waals surface area contributed by atoms with E-state index in [1.54, 1.807) is 7.11 Å². The Kier molecular flexibility index (Phi) is 2.20. The Bertz CT molecular complexity index is 561. The number of nitrogens with zero attached hydrogens (tertiary/aromatic N) is 1. The first kappa shape index (κ1) is 11.3. The number of nitrogens with one attached hydrogen (secondary N) is 1. The van der Waals surface area contributed by atoms with E-state index in [4.69, 9.17) is 4.74 Å².